The lowest BCUT2D eigenvalue weighted by Crippen LogP contribution is -2.42. The Bertz CT molecular complexity index is 1570. The molecule has 0 bridgehead atoms. The van der Waals surface area contributed by atoms with E-state index < -0.39 is 29.7 Å². The number of nitrogens with one attached hydrogen (secondary N) is 1. The number of nitrogens with two attached hydrogens (primary N) is 2. The molecule has 4 rings (SSSR count). The number of benzene rings is 2. The molecule has 0 radical (unpaired) electrons. The van der Waals surface area contributed by atoms with E-state index in [9.17, 15) is 18.8 Å². The number of anilines is 1. The highest BCUT2D eigenvalue weighted by Crippen LogP contribution is 2.31. The molecule has 0 saturated heterocycles. The van der Waals surface area contributed by atoms with Gasteiger partial charge in [0, 0.05) is 19.2 Å². The van der Waals surface area contributed by atoms with Gasteiger partial charge < -0.3 is 26.4 Å². The number of nitrogens with zero attached hydrogens (tertiary/aromatic N) is 6. The molecule has 2 heterocycles. The number of hydrogen-bond acceptors (Lipinski definition) is 8. The van der Waals surface area contributed by atoms with Gasteiger partial charge in [0.05, 0.1) is 24.8 Å². The quantitative estimate of drug-likeness (QED) is 0.278. The minimum atomic E-state index is -0.752. The number of likely N-dealkylation sites (N-methyl/N-ethyl adjacent to an activating group) is 1. The predicted molar refractivity (Wildman–Crippen MR) is 147 cm³/mol. The lowest BCUT2D eigenvalue weighted by Gasteiger charge is -2.30. The van der Waals surface area contributed by atoms with Crippen LogP contribution in [0.25, 0.3) is 11.3 Å². The van der Waals surface area contributed by atoms with Gasteiger partial charge in [-0.2, -0.15) is 5.10 Å². The summed E-state index contributed by atoms with van der Waals surface area (Å²) in [7, 11) is 3.02. The molecule has 0 aliphatic rings. The van der Waals surface area contributed by atoms with Gasteiger partial charge in [0.15, 0.2) is 0 Å². The Morgan fingerprint density at radius 1 is 1.10 bits per heavy atom. The molecule has 3 amide bonds. The highest BCUT2D eigenvalue weighted by atomic mass is 19.1. The van der Waals surface area contributed by atoms with Gasteiger partial charge in [0.1, 0.15) is 41.3 Å². The van der Waals surface area contributed by atoms with Gasteiger partial charge in [0.25, 0.3) is 11.8 Å². The number of aromatic nitrogens is 5. The van der Waals surface area contributed by atoms with Gasteiger partial charge in [-0.1, -0.05) is 24.3 Å². The normalized spacial score (nSPS) is 12.4. The van der Waals surface area contributed by atoms with Crippen molar-refractivity contribution in [3.8, 4) is 17.0 Å². The average molecular weight is 564 g/mol. The third kappa shape index (κ3) is 5.85. The van der Waals surface area contributed by atoms with Crippen molar-refractivity contribution in [3.05, 3.63) is 77.6 Å². The monoisotopic (exact) mass is 563 g/mol. The number of hydrogen-bond donors (Lipinski definition) is 3. The molecule has 214 valence electrons. The largest absolute Gasteiger partial charge is 0.496 e. The first kappa shape index (κ1) is 28.7. The summed E-state index contributed by atoms with van der Waals surface area (Å²) in [6, 6.07) is 9.44. The molecule has 0 aliphatic carbocycles. The molecule has 14 heteroatoms. The Hall–Kier alpha value is -5.27. The number of ether oxygens (including phenoxy) is 1. The number of rotatable bonds is 9. The molecule has 2 aromatic heterocycles. The Morgan fingerprint density at radius 2 is 1.76 bits per heavy atom. The zero-order valence-electron chi connectivity index (χ0n) is 22.9. The van der Waals surface area contributed by atoms with E-state index in [2.05, 4.69) is 20.6 Å². The van der Waals surface area contributed by atoms with Crippen molar-refractivity contribution in [1.82, 2.24) is 34.8 Å². The fourth-order valence-electron chi connectivity index (χ4n) is 4.30. The molecule has 2 atom stereocenters. The van der Waals surface area contributed by atoms with Crippen LogP contribution in [0.1, 0.15) is 46.2 Å². The number of carbonyl (C=O) groups is 3. The van der Waals surface area contributed by atoms with Crippen molar-refractivity contribution in [2.24, 2.45) is 5.73 Å². The van der Waals surface area contributed by atoms with E-state index in [4.69, 9.17) is 16.2 Å². The first-order valence-corrected chi connectivity index (χ1v) is 12.5. The summed E-state index contributed by atoms with van der Waals surface area (Å²) >= 11 is 0. The van der Waals surface area contributed by atoms with Gasteiger partial charge in [-0.05, 0) is 37.6 Å². The molecule has 2 unspecified atom stereocenters. The van der Waals surface area contributed by atoms with E-state index in [1.807, 2.05) is 13.8 Å². The fourth-order valence-corrected chi connectivity index (χ4v) is 4.30. The molecule has 5 N–H and O–H groups in total. The Labute approximate surface area is 234 Å². The van der Waals surface area contributed by atoms with Crippen LogP contribution < -0.4 is 21.5 Å². The second-order valence-corrected chi connectivity index (χ2v) is 9.39. The number of primary amides is 1. The molecule has 13 nitrogen and oxygen atoms in total. The van der Waals surface area contributed by atoms with Crippen molar-refractivity contribution in [3.63, 3.8) is 0 Å². The van der Waals surface area contributed by atoms with Crippen LogP contribution in [0.15, 0.2) is 55.1 Å². The van der Waals surface area contributed by atoms with E-state index in [0.29, 0.717) is 5.56 Å². The second kappa shape index (κ2) is 11.9. The Kier molecular flexibility index (Phi) is 8.31. The molecule has 4 aromatic rings. The maximum atomic E-state index is 13.7. The molecular formula is C27H30FN9O4. The van der Waals surface area contributed by atoms with Crippen molar-refractivity contribution >= 4 is 23.7 Å². The van der Waals surface area contributed by atoms with Crippen LogP contribution in [0.2, 0.25) is 0 Å². The average Bonchev–Trinajstić information content (AvgIpc) is 3.63. The third-order valence-corrected chi connectivity index (χ3v) is 6.92. The SMILES string of the molecule is COc1ccc(F)cc1C(=O)NCc1ccc(-c2nn(C(C)C(C)N(C)C(=O)n3cnnc3)c(N)c2C(N)=O)cc1. The number of halogens is 1. The Morgan fingerprint density at radius 3 is 2.37 bits per heavy atom. The van der Waals surface area contributed by atoms with Crippen LogP contribution >= 0.6 is 0 Å². The maximum Gasteiger partial charge on any atom is 0.330 e. The topological polar surface area (TPSA) is 176 Å². The van der Waals surface area contributed by atoms with Gasteiger partial charge in [-0.25, -0.2) is 18.4 Å². The highest BCUT2D eigenvalue weighted by molar-refractivity contribution is 6.03. The van der Waals surface area contributed by atoms with E-state index in [1.54, 1.807) is 31.3 Å². The molecular weight excluding hydrogens is 533 g/mol. The van der Waals surface area contributed by atoms with E-state index in [-0.39, 0.29) is 41.0 Å². The lowest BCUT2D eigenvalue weighted by atomic mass is 10.0. The van der Waals surface area contributed by atoms with Gasteiger partial charge in [0.2, 0.25) is 0 Å². The standard InChI is InChI=1S/C27H30FN9O4/c1-15(35(3)27(40)36-13-32-33-14-36)16(2)37-24(29)22(25(30)38)23(34-37)18-7-5-17(6-8-18)12-31-26(39)20-11-19(28)9-10-21(20)41-4/h5-11,13-16H,12,29H2,1-4H3,(H2,30,38)(H,31,39). The second-order valence-electron chi connectivity index (χ2n) is 9.39. The number of carbonyl (C=O) groups excluding carboxylic acids is 3. The van der Waals surface area contributed by atoms with Gasteiger partial charge >= 0.3 is 6.03 Å². The molecule has 41 heavy (non-hydrogen) atoms. The van der Waals surface area contributed by atoms with E-state index in [0.717, 1.165) is 11.6 Å². The van der Waals surface area contributed by atoms with Crippen molar-refractivity contribution in [1.29, 1.82) is 0 Å². The number of nitrogen functional groups attached to an aromatic ring is 1. The maximum absolute atomic E-state index is 13.7. The first-order chi connectivity index (χ1) is 19.5. The summed E-state index contributed by atoms with van der Waals surface area (Å²) < 4.78 is 21.5. The van der Waals surface area contributed by atoms with Crippen LogP contribution in [-0.4, -0.2) is 67.5 Å². The first-order valence-electron chi connectivity index (χ1n) is 12.5. The lowest BCUT2D eigenvalue weighted by molar-refractivity contribution is 0.0946. The van der Waals surface area contributed by atoms with Crippen molar-refractivity contribution in [2.45, 2.75) is 32.5 Å². The summed E-state index contributed by atoms with van der Waals surface area (Å²) in [6.07, 6.45) is 2.60. The van der Waals surface area contributed by atoms with Crippen LogP contribution in [0.4, 0.5) is 15.0 Å². The summed E-state index contributed by atoms with van der Waals surface area (Å²) in [5.41, 5.74) is 13.7. The molecule has 0 saturated carbocycles. The van der Waals surface area contributed by atoms with E-state index in [1.165, 1.54) is 46.0 Å². The molecule has 0 fully saturated rings. The predicted octanol–water partition coefficient (Wildman–Crippen LogP) is 2.45. The summed E-state index contributed by atoms with van der Waals surface area (Å²) in [6.45, 7) is 3.79. The van der Waals surface area contributed by atoms with Crippen molar-refractivity contribution in [2.75, 3.05) is 19.9 Å². The van der Waals surface area contributed by atoms with Crippen LogP contribution in [0.3, 0.4) is 0 Å². The summed E-state index contributed by atoms with van der Waals surface area (Å²) in [5.74, 6) is -1.48. The highest BCUT2D eigenvalue weighted by Gasteiger charge is 2.29. The van der Waals surface area contributed by atoms with Gasteiger partial charge in [-0.15, -0.1) is 10.2 Å². The molecule has 0 spiro atoms. The Balaban J connectivity index is 1.53. The van der Waals surface area contributed by atoms with Gasteiger partial charge in [-0.3, -0.25) is 9.59 Å². The fraction of sp³-hybridized carbons (Fsp3) is 0.259. The number of methoxy groups -OCH3 is 1. The van der Waals surface area contributed by atoms with Crippen LogP contribution in [0.5, 0.6) is 5.75 Å². The minimum absolute atomic E-state index is 0.0519. The number of amides is 3. The molecule has 0 aliphatic heterocycles. The van der Waals surface area contributed by atoms with Crippen molar-refractivity contribution < 1.29 is 23.5 Å². The minimum Gasteiger partial charge on any atom is -0.496 e. The molecule has 2 aromatic carbocycles. The van der Waals surface area contributed by atoms with Crippen LogP contribution in [-0.2, 0) is 6.54 Å². The summed E-state index contributed by atoms with van der Waals surface area (Å²) in [4.78, 5) is 39.2. The summed E-state index contributed by atoms with van der Waals surface area (Å²) in [5, 5.41) is 14.7. The third-order valence-electron chi connectivity index (χ3n) is 6.92. The van der Waals surface area contributed by atoms with Crippen LogP contribution in [0, 0.1) is 5.82 Å². The zero-order chi connectivity index (χ0) is 29.8. The zero-order valence-corrected chi connectivity index (χ0v) is 22.9. The van der Waals surface area contributed by atoms with E-state index >= 15 is 0 Å². The smallest absolute Gasteiger partial charge is 0.330 e.